The number of rotatable bonds is 8. The fraction of sp³-hybridized carbons (Fsp3) is 0.909. The Morgan fingerprint density at radius 2 is 1.93 bits per heavy atom. The topological polar surface area (TPSA) is 35.8 Å². The summed E-state index contributed by atoms with van der Waals surface area (Å²) in [5, 5.41) is 11.9. The van der Waals surface area contributed by atoms with Crippen molar-refractivity contribution in [2.24, 2.45) is 5.92 Å². The predicted molar refractivity (Wildman–Crippen MR) is 64.5 cm³/mol. The Morgan fingerprint density at radius 1 is 1.29 bits per heavy atom. The molecule has 0 fully saturated rings. The monoisotopic (exact) mass is 214 g/mol. The van der Waals surface area contributed by atoms with E-state index in [-0.39, 0.29) is 6.04 Å². The normalized spacial score (nSPS) is 12.8. The van der Waals surface area contributed by atoms with Gasteiger partial charge in [0.05, 0.1) is 12.1 Å². The van der Waals surface area contributed by atoms with Crippen LogP contribution >= 0.6 is 11.8 Å². The molecule has 0 aromatic heterocycles. The summed E-state index contributed by atoms with van der Waals surface area (Å²) in [6.45, 7) is 7.42. The molecule has 2 nitrogen and oxygen atoms in total. The number of thioether (sulfide) groups is 1. The second-order valence-electron chi connectivity index (χ2n) is 3.82. The molecule has 0 amide bonds. The van der Waals surface area contributed by atoms with Crippen LogP contribution in [0.1, 0.15) is 33.6 Å². The maximum absolute atomic E-state index is 8.78. The van der Waals surface area contributed by atoms with Gasteiger partial charge in [0.15, 0.2) is 0 Å². The van der Waals surface area contributed by atoms with Crippen molar-refractivity contribution in [3.8, 4) is 6.07 Å². The third-order valence-electron chi connectivity index (χ3n) is 2.00. The van der Waals surface area contributed by atoms with Crippen molar-refractivity contribution >= 4 is 11.8 Å². The minimum Gasteiger partial charge on any atom is -0.302 e. The first-order chi connectivity index (χ1) is 6.70. The van der Waals surface area contributed by atoms with Gasteiger partial charge >= 0.3 is 0 Å². The van der Waals surface area contributed by atoms with Gasteiger partial charge in [-0.3, -0.25) is 0 Å². The maximum atomic E-state index is 8.78. The van der Waals surface area contributed by atoms with Gasteiger partial charge in [0.1, 0.15) is 0 Å². The lowest BCUT2D eigenvalue weighted by atomic mass is 10.2. The number of nitrogens with zero attached hydrogens (tertiary/aromatic N) is 1. The highest BCUT2D eigenvalue weighted by Gasteiger charge is 2.04. The van der Waals surface area contributed by atoms with Gasteiger partial charge in [-0.2, -0.15) is 17.0 Å². The lowest BCUT2D eigenvalue weighted by molar-refractivity contribution is 0.611. The molecule has 0 aliphatic rings. The van der Waals surface area contributed by atoms with E-state index in [9.17, 15) is 0 Å². The number of hydrogen-bond acceptors (Lipinski definition) is 3. The van der Waals surface area contributed by atoms with Crippen LogP contribution in [0.2, 0.25) is 0 Å². The molecule has 1 atom stereocenters. The van der Waals surface area contributed by atoms with Crippen LogP contribution in [0.25, 0.3) is 0 Å². The Bertz CT molecular complexity index is 163. The van der Waals surface area contributed by atoms with Crippen molar-refractivity contribution in [3.05, 3.63) is 0 Å². The molecule has 0 saturated carbocycles. The molecule has 3 heteroatoms. The van der Waals surface area contributed by atoms with E-state index in [1.165, 1.54) is 12.2 Å². The summed E-state index contributed by atoms with van der Waals surface area (Å²) in [5.41, 5.74) is 0. The largest absolute Gasteiger partial charge is 0.302 e. The van der Waals surface area contributed by atoms with Gasteiger partial charge in [-0.1, -0.05) is 20.8 Å². The highest BCUT2D eigenvalue weighted by molar-refractivity contribution is 7.99. The van der Waals surface area contributed by atoms with E-state index < -0.39 is 0 Å². The fourth-order valence-corrected chi connectivity index (χ4v) is 2.33. The minimum absolute atomic E-state index is 0.0477. The van der Waals surface area contributed by atoms with E-state index >= 15 is 0 Å². The molecular formula is C11H22N2S. The van der Waals surface area contributed by atoms with Crippen molar-refractivity contribution in [3.63, 3.8) is 0 Å². The van der Waals surface area contributed by atoms with E-state index in [0.29, 0.717) is 0 Å². The van der Waals surface area contributed by atoms with Gasteiger partial charge in [0, 0.05) is 0 Å². The molecule has 82 valence electrons. The van der Waals surface area contributed by atoms with Crippen LogP contribution in [-0.4, -0.2) is 24.1 Å². The smallest absolute Gasteiger partial charge is 0.0960 e. The molecule has 0 aliphatic heterocycles. The lowest BCUT2D eigenvalue weighted by Crippen LogP contribution is -2.27. The summed E-state index contributed by atoms with van der Waals surface area (Å²) in [4.78, 5) is 0. The van der Waals surface area contributed by atoms with Gasteiger partial charge in [0.2, 0.25) is 0 Å². The molecule has 0 rings (SSSR count). The molecule has 0 spiro atoms. The summed E-state index contributed by atoms with van der Waals surface area (Å²) in [6.07, 6.45) is 2.25. The summed E-state index contributed by atoms with van der Waals surface area (Å²) in [6, 6.07) is 2.33. The molecule has 0 aliphatic carbocycles. The summed E-state index contributed by atoms with van der Waals surface area (Å²) in [7, 11) is 0. The lowest BCUT2D eigenvalue weighted by Gasteiger charge is -2.09. The van der Waals surface area contributed by atoms with E-state index in [1.807, 2.05) is 18.7 Å². The van der Waals surface area contributed by atoms with E-state index in [2.05, 4.69) is 25.2 Å². The van der Waals surface area contributed by atoms with Gasteiger partial charge in [-0.05, 0) is 36.8 Å². The molecular weight excluding hydrogens is 192 g/mol. The van der Waals surface area contributed by atoms with E-state index in [0.717, 1.165) is 24.6 Å². The standard InChI is InChI=1S/C11H22N2S/c1-4-13-11(9-12)6-8-14-7-5-10(2)3/h10-11,13H,4-8H2,1-3H3. The Labute approximate surface area is 92.5 Å². The van der Waals surface area contributed by atoms with Gasteiger partial charge < -0.3 is 5.32 Å². The van der Waals surface area contributed by atoms with Gasteiger partial charge in [-0.15, -0.1) is 0 Å². The van der Waals surface area contributed by atoms with Crippen LogP contribution < -0.4 is 5.32 Å². The Balaban J connectivity index is 3.30. The van der Waals surface area contributed by atoms with Crippen LogP contribution in [0.4, 0.5) is 0 Å². The first kappa shape index (κ1) is 13.8. The Morgan fingerprint density at radius 3 is 2.43 bits per heavy atom. The van der Waals surface area contributed by atoms with Crippen LogP contribution in [0.5, 0.6) is 0 Å². The third kappa shape index (κ3) is 8.40. The molecule has 1 unspecified atom stereocenters. The maximum Gasteiger partial charge on any atom is 0.0960 e. The quantitative estimate of drug-likeness (QED) is 0.631. The summed E-state index contributed by atoms with van der Waals surface area (Å²) in [5.74, 6) is 3.11. The van der Waals surface area contributed by atoms with Crippen molar-refractivity contribution in [2.45, 2.75) is 39.7 Å². The molecule has 1 N–H and O–H groups in total. The first-order valence-corrected chi connectivity index (χ1v) is 6.56. The Hall–Kier alpha value is -0.200. The zero-order valence-corrected chi connectivity index (χ0v) is 10.4. The van der Waals surface area contributed by atoms with Crippen molar-refractivity contribution in [2.75, 3.05) is 18.1 Å². The van der Waals surface area contributed by atoms with Crippen LogP contribution in [0, 0.1) is 17.2 Å². The highest BCUT2D eigenvalue weighted by atomic mass is 32.2. The van der Waals surface area contributed by atoms with Crippen LogP contribution in [0.15, 0.2) is 0 Å². The number of nitrogens with one attached hydrogen (secondary N) is 1. The van der Waals surface area contributed by atoms with E-state index in [4.69, 9.17) is 5.26 Å². The van der Waals surface area contributed by atoms with Crippen molar-refractivity contribution < 1.29 is 0 Å². The van der Waals surface area contributed by atoms with Crippen molar-refractivity contribution in [1.82, 2.24) is 5.32 Å². The molecule has 0 saturated heterocycles. The van der Waals surface area contributed by atoms with Crippen LogP contribution in [0.3, 0.4) is 0 Å². The molecule has 0 aromatic rings. The molecule has 14 heavy (non-hydrogen) atoms. The first-order valence-electron chi connectivity index (χ1n) is 5.41. The summed E-state index contributed by atoms with van der Waals surface area (Å²) >= 11 is 1.96. The average molecular weight is 214 g/mol. The molecule has 0 aromatic carbocycles. The second kappa shape index (κ2) is 9.36. The van der Waals surface area contributed by atoms with Gasteiger partial charge in [-0.25, -0.2) is 0 Å². The predicted octanol–water partition coefficient (Wildman–Crippen LogP) is 2.66. The van der Waals surface area contributed by atoms with Crippen LogP contribution in [-0.2, 0) is 0 Å². The Kier molecular flexibility index (Phi) is 9.23. The fourth-order valence-electron chi connectivity index (χ4n) is 1.08. The van der Waals surface area contributed by atoms with E-state index in [1.54, 1.807) is 0 Å². The summed E-state index contributed by atoms with van der Waals surface area (Å²) < 4.78 is 0. The molecule has 0 bridgehead atoms. The van der Waals surface area contributed by atoms with Gasteiger partial charge in [0.25, 0.3) is 0 Å². The average Bonchev–Trinajstić information content (AvgIpc) is 2.15. The highest BCUT2D eigenvalue weighted by Crippen LogP contribution is 2.10. The number of hydrogen-bond donors (Lipinski definition) is 1. The number of nitriles is 1. The zero-order valence-electron chi connectivity index (χ0n) is 9.55. The third-order valence-corrected chi connectivity index (χ3v) is 3.05. The minimum atomic E-state index is 0.0477. The zero-order chi connectivity index (χ0) is 10.8. The SMILES string of the molecule is CCNC(C#N)CCSCCC(C)C. The second-order valence-corrected chi connectivity index (χ2v) is 5.05. The van der Waals surface area contributed by atoms with Crippen molar-refractivity contribution in [1.29, 1.82) is 5.26 Å². The molecule has 0 radical (unpaired) electrons. The molecule has 0 heterocycles.